The summed E-state index contributed by atoms with van der Waals surface area (Å²) >= 11 is 6.50. The Hall–Kier alpha value is -3.53. The van der Waals surface area contributed by atoms with E-state index in [0.717, 1.165) is 0 Å². The first-order valence-electron chi connectivity index (χ1n) is 10.5. The molecule has 1 saturated heterocycles. The zero-order valence-corrected chi connectivity index (χ0v) is 17.9. The molecule has 8 nitrogen and oxygen atoms in total. The number of alkyl halides is 1. The Kier molecular flexibility index (Phi) is 4.41. The number of halogens is 3. The SMILES string of the molecule is O=C(Nc1cn2cc(-c3c(Cl)c(F)c(N4CCCC4=O)c4[nH]ncc34)ccc2n1)C1CC1F. The lowest BCUT2D eigenvalue weighted by atomic mass is 10.0. The van der Waals surface area contributed by atoms with E-state index in [1.54, 1.807) is 35.1 Å². The van der Waals surface area contributed by atoms with Gasteiger partial charge in [0.2, 0.25) is 11.8 Å². The zero-order chi connectivity index (χ0) is 22.9. The number of fused-ring (bicyclic) bond motifs is 2. The molecule has 3 aromatic heterocycles. The minimum atomic E-state index is -1.10. The molecule has 11 heteroatoms. The number of carbonyl (C=O) groups is 2. The lowest BCUT2D eigenvalue weighted by molar-refractivity contribution is -0.118. The van der Waals surface area contributed by atoms with Gasteiger partial charge in [0, 0.05) is 35.7 Å². The molecule has 0 bridgehead atoms. The molecule has 2 unspecified atom stereocenters. The molecule has 1 saturated carbocycles. The quantitative estimate of drug-likeness (QED) is 0.469. The van der Waals surface area contributed by atoms with Crippen molar-refractivity contribution < 1.29 is 18.4 Å². The van der Waals surface area contributed by atoms with E-state index in [-0.39, 0.29) is 23.0 Å². The average Bonchev–Trinajstić information content (AvgIpc) is 3.16. The van der Waals surface area contributed by atoms with Gasteiger partial charge in [0.1, 0.15) is 17.5 Å². The Balaban J connectivity index is 1.43. The standard InChI is InChI=1S/C22H17ClF2N6O2/c23-18-17(12-7-26-29-20(12)21(19(18)25)31-5-1-2-16(31)32)10-3-4-15-27-14(9-30(15)8-10)28-22(33)11-6-13(11)24/h3-4,7-9,11,13H,1-2,5-6H2,(H,26,29)(H,28,33). The topological polar surface area (TPSA) is 95.4 Å². The Morgan fingerprint density at radius 2 is 2.12 bits per heavy atom. The molecular weight excluding hydrogens is 454 g/mol. The van der Waals surface area contributed by atoms with Crippen LogP contribution in [0.3, 0.4) is 0 Å². The maximum atomic E-state index is 15.5. The number of aromatic amines is 1. The Morgan fingerprint density at radius 1 is 1.30 bits per heavy atom. The van der Waals surface area contributed by atoms with Crippen molar-refractivity contribution in [2.75, 3.05) is 16.8 Å². The van der Waals surface area contributed by atoms with Gasteiger partial charge in [-0.2, -0.15) is 5.10 Å². The highest BCUT2D eigenvalue weighted by Crippen LogP contribution is 2.43. The van der Waals surface area contributed by atoms with Crippen molar-refractivity contribution in [1.29, 1.82) is 0 Å². The van der Waals surface area contributed by atoms with Gasteiger partial charge in [-0.05, 0) is 25.0 Å². The minimum Gasteiger partial charge on any atom is -0.309 e. The van der Waals surface area contributed by atoms with Crippen LogP contribution in [0.2, 0.25) is 5.02 Å². The van der Waals surface area contributed by atoms with E-state index in [2.05, 4.69) is 20.5 Å². The van der Waals surface area contributed by atoms with Crippen LogP contribution in [0.25, 0.3) is 27.7 Å². The maximum Gasteiger partial charge on any atom is 0.231 e. The molecule has 2 atom stereocenters. The molecule has 6 rings (SSSR count). The molecule has 1 aliphatic heterocycles. The summed E-state index contributed by atoms with van der Waals surface area (Å²) in [6.07, 6.45) is 5.00. The van der Waals surface area contributed by atoms with Gasteiger partial charge in [-0.15, -0.1) is 0 Å². The summed E-state index contributed by atoms with van der Waals surface area (Å²) in [6.45, 7) is 0.416. The molecule has 0 spiro atoms. The number of aromatic nitrogens is 4. The molecule has 1 aromatic carbocycles. The van der Waals surface area contributed by atoms with Gasteiger partial charge in [0.05, 0.1) is 28.9 Å². The number of anilines is 2. The zero-order valence-electron chi connectivity index (χ0n) is 17.1. The van der Waals surface area contributed by atoms with Crippen molar-refractivity contribution in [1.82, 2.24) is 19.6 Å². The highest BCUT2D eigenvalue weighted by molar-refractivity contribution is 6.36. The van der Waals surface area contributed by atoms with Crippen LogP contribution >= 0.6 is 11.6 Å². The summed E-state index contributed by atoms with van der Waals surface area (Å²) in [6, 6.07) is 3.44. The van der Waals surface area contributed by atoms with Crippen LogP contribution in [0.5, 0.6) is 0 Å². The average molecular weight is 471 g/mol. The first-order valence-corrected chi connectivity index (χ1v) is 10.9. The summed E-state index contributed by atoms with van der Waals surface area (Å²) in [5, 5.41) is 9.96. The fourth-order valence-electron chi connectivity index (χ4n) is 4.37. The maximum absolute atomic E-state index is 15.5. The van der Waals surface area contributed by atoms with E-state index in [9.17, 15) is 14.0 Å². The molecule has 0 radical (unpaired) electrons. The Bertz CT molecular complexity index is 1460. The van der Waals surface area contributed by atoms with Crippen LogP contribution in [-0.2, 0) is 9.59 Å². The van der Waals surface area contributed by atoms with Crippen LogP contribution in [-0.4, -0.2) is 44.1 Å². The van der Waals surface area contributed by atoms with Gasteiger partial charge < -0.3 is 14.6 Å². The number of rotatable bonds is 4. The molecule has 33 heavy (non-hydrogen) atoms. The van der Waals surface area contributed by atoms with Crippen molar-refractivity contribution in [3.8, 4) is 11.1 Å². The Morgan fingerprint density at radius 3 is 2.85 bits per heavy atom. The van der Waals surface area contributed by atoms with E-state index in [1.165, 1.54) is 4.90 Å². The molecule has 2 aliphatic rings. The normalized spacial score (nSPS) is 20.2. The van der Waals surface area contributed by atoms with Gasteiger partial charge in [0.15, 0.2) is 11.6 Å². The number of hydrogen-bond donors (Lipinski definition) is 2. The van der Waals surface area contributed by atoms with Crippen LogP contribution < -0.4 is 10.2 Å². The second-order valence-electron chi connectivity index (χ2n) is 8.32. The van der Waals surface area contributed by atoms with Gasteiger partial charge in [-0.3, -0.25) is 14.7 Å². The number of nitrogens with one attached hydrogen (secondary N) is 2. The summed E-state index contributed by atoms with van der Waals surface area (Å²) in [4.78, 5) is 30.0. The third-order valence-electron chi connectivity index (χ3n) is 6.15. The predicted octanol–water partition coefficient (Wildman–Crippen LogP) is 4.09. The fraction of sp³-hybridized carbons (Fsp3) is 0.273. The van der Waals surface area contributed by atoms with Crippen molar-refractivity contribution in [2.24, 2.45) is 5.92 Å². The molecule has 4 heterocycles. The van der Waals surface area contributed by atoms with Crippen LogP contribution in [0.4, 0.5) is 20.3 Å². The molecule has 168 valence electrons. The van der Waals surface area contributed by atoms with E-state index >= 15 is 4.39 Å². The monoisotopic (exact) mass is 470 g/mol. The summed E-state index contributed by atoms with van der Waals surface area (Å²) in [7, 11) is 0. The molecular formula is C22H17ClF2N6O2. The first-order chi connectivity index (χ1) is 15.9. The van der Waals surface area contributed by atoms with E-state index in [1.807, 2.05) is 0 Å². The number of imidazole rings is 1. The van der Waals surface area contributed by atoms with Crippen molar-refractivity contribution >= 4 is 51.5 Å². The number of benzene rings is 1. The van der Waals surface area contributed by atoms with Crippen molar-refractivity contribution in [3.05, 3.63) is 41.6 Å². The van der Waals surface area contributed by atoms with Crippen LogP contribution in [0.1, 0.15) is 19.3 Å². The van der Waals surface area contributed by atoms with Crippen LogP contribution in [0, 0.1) is 11.7 Å². The van der Waals surface area contributed by atoms with E-state index < -0.39 is 23.8 Å². The number of nitrogens with zero attached hydrogens (tertiary/aromatic N) is 4. The van der Waals surface area contributed by atoms with Gasteiger partial charge in [-0.1, -0.05) is 11.6 Å². The number of H-pyrrole nitrogens is 1. The number of hydrogen-bond acceptors (Lipinski definition) is 4. The van der Waals surface area contributed by atoms with Crippen molar-refractivity contribution in [2.45, 2.75) is 25.4 Å². The number of amides is 2. The molecule has 4 aromatic rings. The molecule has 1 aliphatic carbocycles. The highest BCUT2D eigenvalue weighted by Gasteiger charge is 2.43. The van der Waals surface area contributed by atoms with Gasteiger partial charge in [-0.25, -0.2) is 13.8 Å². The number of pyridine rings is 1. The van der Waals surface area contributed by atoms with E-state index in [0.29, 0.717) is 52.9 Å². The van der Waals surface area contributed by atoms with Crippen LogP contribution in [0.15, 0.2) is 30.7 Å². The smallest absolute Gasteiger partial charge is 0.231 e. The predicted molar refractivity (Wildman–Crippen MR) is 118 cm³/mol. The second-order valence-corrected chi connectivity index (χ2v) is 8.69. The third kappa shape index (κ3) is 3.16. The third-order valence-corrected chi connectivity index (χ3v) is 6.50. The molecule has 2 amide bonds. The lowest BCUT2D eigenvalue weighted by Gasteiger charge is -2.20. The minimum absolute atomic E-state index is 0.110. The Labute approximate surface area is 190 Å². The lowest BCUT2D eigenvalue weighted by Crippen LogP contribution is -2.25. The molecule has 2 fully saturated rings. The van der Waals surface area contributed by atoms with Gasteiger partial charge >= 0.3 is 0 Å². The summed E-state index contributed by atoms with van der Waals surface area (Å²) in [5.74, 6) is -1.58. The van der Waals surface area contributed by atoms with E-state index in [4.69, 9.17) is 11.6 Å². The first kappa shape index (κ1) is 20.1. The summed E-state index contributed by atoms with van der Waals surface area (Å²) < 4.78 is 30.3. The van der Waals surface area contributed by atoms with Gasteiger partial charge in [0.25, 0.3) is 0 Å². The second kappa shape index (κ2) is 7.24. The number of carbonyl (C=O) groups excluding carboxylic acids is 2. The molecule has 2 N–H and O–H groups in total. The van der Waals surface area contributed by atoms with Crippen molar-refractivity contribution in [3.63, 3.8) is 0 Å². The summed E-state index contributed by atoms with van der Waals surface area (Å²) in [5.41, 5.74) is 2.07. The highest BCUT2D eigenvalue weighted by atomic mass is 35.5. The largest absolute Gasteiger partial charge is 0.309 e. The fourth-order valence-corrected chi connectivity index (χ4v) is 4.67.